The lowest BCUT2D eigenvalue weighted by Gasteiger charge is -2.16. The number of hydrogen-bond acceptors (Lipinski definition) is 6. The molecular weight excluding hydrogens is 240 g/mol. The van der Waals surface area contributed by atoms with Gasteiger partial charge in [-0.25, -0.2) is 4.79 Å². The number of carbonyl (C=O) groups is 3. The highest BCUT2D eigenvalue weighted by atomic mass is 16.5. The summed E-state index contributed by atoms with van der Waals surface area (Å²) in [6.45, 7) is 0.356. The highest BCUT2D eigenvalue weighted by Crippen LogP contribution is 2.13. The fraction of sp³-hybridized carbons (Fsp3) is 0.545. The maximum Gasteiger partial charge on any atom is 0.371 e. The number of aliphatic carboxylic acids is 1. The van der Waals surface area contributed by atoms with Crippen molar-refractivity contribution in [3.05, 3.63) is 11.8 Å². The zero-order chi connectivity index (χ0) is 14.1. The lowest BCUT2D eigenvalue weighted by atomic mass is 9.91. The quantitative estimate of drug-likeness (QED) is 0.276. The van der Waals surface area contributed by atoms with Gasteiger partial charge in [-0.1, -0.05) is 0 Å². The smallest absolute Gasteiger partial charge is 0.371 e. The largest absolute Gasteiger partial charge is 0.490 e. The SMILES string of the molecule is CO/C(=C/C(=O)C(CCCN)[C@H](N)C=O)C(=O)O. The highest BCUT2D eigenvalue weighted by Gasteiger charge is 2.24. The number of methoxy groups -OCH3 is 1. The Morgan fingerprint density at radius 1 is 1.44 bits per heavy atom. The van der Waals surface area contributed by atoms with Crippen molar-refractivity contribution in [2.75, 3.05) is 13.7 Å². The average molecular weight is 258 g/mol. The predicted octanol–water partition coefficient (Wildman–Crippen LogP) is -0.948. The number of carboxylic acids is 1. The summed E-state index contributed by atoms with van der Waals surface area (Å²) in [5.74, 6) is -3.18. The van der Waals surface area contributed by atoms with Crippen molar-refractivity contribution in [2.24, 2.45) is 17.4 Å². The Balaban J connectivity index is 4.94. The minimum atomic E-state index is -1.36. The third-order valence-electron chi connectivity index (χ3n) is 2.41. The molecule has 0 aromatic carbocycles. The molecule has 0 bridgehead atoms. The van der Waals surface area contributed by atoms with Gasteiger partial charge in [-0.2, -0.15) is 0 Å². The molecule has 102 valence electrons. The maximum absolute atomic E-state index is 11.8. The van der Waals surface area contributed by atoms with Crippen LogP contribution in [0.1, 0.15) is 12.8 Å². The first-order valence-electron chi connectivity index (χ1n) is 5.41. The minimum Gasteiger partial charge on any atom is -0.490 e. The third-order valence-corrected chi connectivity index (χ3v) is 2.41. The monoisotopic (exact) mass is 258 g/mol. The summed E-state index contributed by atoms with van der Waals surface area (Å²) in [5.41, 5.74) is 10.8. The van der Waals surface area contributed by atoms with Crippen LogP contribution in [0.5, 0.6) is 0 Å². The van der Waals surface area contributed by atoms with Gasteiger partial charge in [0.05, 0.1) is 13.2 Å². The van der Waals surface area contributed by atoms with Crippen LogP contribution in [0.25, 0.3) is 0 Å². The van der Waals surface area contributed by atoms with Crippen molar-refractivity contribution >= 4 is 18.0 Å². The van der Waals surface area contributed by atoms with Gasteiger partial charge in [0.25, 0.3) is 0 Å². The van der Waals surface area contributed by atoms with Gasteiger partial charge in [-0.15, -0.1) is 0 Å². The van der Waals surface area contributed by atoms with E-state index < -0.39 is 29.5 Å². The van der Waals surface area contributed by atoms with Gasteiger partial charge in [-0.05, 0) is 19.4 Å². The van der Waals surface area contributed by atoms with Crippen LogP contribution in [-0.4, -0.2) is 42.8 Å². The number of nitrogens with two attached hydrogens (primary N) is 2. The number of hydrogen-bond donors (Lipinski definition) is 3. The first-order chi connectivity index (χ1) is 8.47. The highest BCUT2D eigenvalue weighted by molar-refractivity contribution is 6.00. The fourth-order valence-corrected chi connectivity index (χ4v) is 1.40. The van der Waals surface area contributed by atoms with Crippen LogP contribution < -0.4 is 11.5 Å². The molecule has 0 saturated carbocycles. The summed E-state index contributed by atoms with van der Waals surface area (Å²) < 4.78 is 4.54. The topological polar surface area (TPSA) is 133 Å². The number of carbonyl (C=O) groups excluding carboxylic acids is 2. The Bertz CT molecular complexity index is 340. The molecule has 0 radical (unpaired) electrons. The van der Waals surface area contributed by atoms with Crippen LogP contribution in [0.4, 0.5) is 0 Å². The Labute approximate surface area is 105 Å². The predicted molar refractivity (Wildman–Crippen MR) is 63.6 cm³/mol. The van der Waals surface area contributed by atoms with E-state index in [0.717, 1.165) is 13.2 Å². The molecule has 1 unspecified atom stereocenters. The number of ketones is 1. The molecule has 0 fully saturated rings. The summed E-state index contributed by atoms with van der Waals surface area (Å²) >= 11 is 0. The number of aldehydes is 1. The summed E-state index contributed by atoms with van der Waals surface area (Å²) in [4.78, 5) is 33.1. The fourth-order valence-electron chi connectivity index (χ4n) is 1.40. The molecule has 0 aliphatic heterocycles. The maximum atomic E-state index is 11.8. The van der Waals surface area contributed by atoms with Crippen molar-refractivity contribution in [1.82, 2.24) is 0 Å². The number of carboxylic acid groups (broad SMARTS) is 1. The number of ether oxygens (including phenoxy) is 1. The molecule has 2 atom stereocenters. The molecular formula is C11H18N2O5. The van der Waals surface area contributed by atoms with E-state index in [4.69, 9.17) is 16.6 Å². The summed E-state index contributed by atoms with van der Waals surface area (Å²) in [6, 6.07) is -0.979. The normalized spacial score (nSPS) is 14.7. The van der Waals surface area contributed by atoms with Crippen molar-refractivity contribution < 1.29 is 24.2 Å². The Kier molecular flexibility index (Phi) is 7.57. The van der Waals surface area contributed by atoms with Crippen LogP contribution >= 0.6 is 0 Å². The zero-order valence-electron chi connectivity index (χ0n) is 10.2. The molecule has 0 heterocycles. The summed E-state index contributed by atoms with van der Waals surface area (Å²) in [5, 5.41) is 8.71. The second-order valence-corrected chi connectivity index (χ2v) is 3.67. The van der Waals surface area contributed by atoms with Crippen molar-refractivity contribution in [2.45, 2.75) is 18.9 Å². The number of rotatable bonds is 9. The van der Waals surface area contributed by atoms with E-state index in [1.54, 1.807) is 0 Å². The van der Waals surface area contributed by atoms with E-state index in [2.05, 4.69) is 4.74 Å². The van der Waals surface area contributed by atoms with Gasteiger partial charge in [0, 0.05) is 12.0 Å². The second kappa shape index (κ2) is 8.37. The van der Waals surface area contributed by atoms with Gasteiger partial charge < -0.3 is 26.1 Å². The zero-order valence-corrected chi connectivity index (χ0v) is 10.2. The van der Waals surface area contributed by atoms with E-state index in [0.29, 0.717) is 25.7 Å². The van der Waals surface area contributed by atoms with Gasteiger partial charge in [0.2, 0.25) is 5.76 Å². The van der Waals surface area contributed by atoms with Crippen LogP contribution in [0.2, 0.25) is 0 Å². The lowest BCUT2D eigenvalue weighted by molar-refractivity contribution is -0.136. The van der Waals surface area contributed by atoms with Crippen molar-refractivity contribution in [1.29, 1.82) is 0 Å². The van der Waals surface area contributed by atoms with Gasteiger partial charge in [-0.3, -0.25) is 4.79 Å². The van der Waals surface area contributed by atoms with Gasteiger partial charge in [0.1, 0.15) is 6.29 Å². The second-order valence-electron chi connectivity index (χ2n) is 3.67. The third kappa shape index (κ3) is 5.07. The molecule has 0 rings (SSSR count). The Hall–Kier alpha value is -1.73. The number of allylic oxidation sites excluding steroid dienone is 1. The van der Waals surface area contributed by atoms with E-state index in [1.807, 2.05) is 0 Å². The summed E-state index contributed by atoms with van der Waals surface area (Å²) in [7, 11) is 1.14. The standard InChI is InChI=1S/C11H18N2O5/c1-18-10(11(16)17)5-9(15)7(3-2-4-12)8(13)6-14/h5-8H,2-4,12-13H2,1H3,(H,16,17)/b10-5+/t7?,8-/m1/s1. The molecule has 0 aromatic heterocycles. The molecule has 0 aliphatic carbocycles. The molecule has 0 saturated heterocycles. The van der Waals surface area contributed by atoms with E-state index >= 15 is 0 Å². The minimum absolute atomic E-state index is 0.322. The van der Waals surface area contributed by atoms with Crippen LogP contribution in [0, 0.1) is 5.92 Å². The molecule has 0 spiro atoms. The molecule has 7 heteroatoms. The van der Waals surface area contributed by atoms with E-state index in [9.17, 15) is 14.4 Å². The molecule has 0 aromatic rings. The van der Waals surface area contributed by atoms with Crippen LogP contribution in [0.3, 0.4) is 0 Å². The molecule has 0 aliphatic rings. The lowest BCUT2D eigenvalue weighted by Crippen LogP contribution is -2.36. The summed E-state index contributed by atoms with van der Waals surface area (Å²) in [6.07, 6.45) is 2.14. The van der Waals surface area contributed by atoms with Crippen LogP contribution in [0.15, 0.2) is 11.8 Å². The molecule has 7 nitrogen and oxygen atoms in total. The first-order valence-corrected chi connectivity index (χ1v) is 5.41. The average Bonchev–Trinajstić information content (AvgIpc) is 2.35. The Morgan fingerprint density at radius 3 is 2.44 bits per heavy atom. The van der Waals surface area contributed by atoms with E-state index in [1.165, 1.54) is 0 Å². The molecule has 5 N–H and O–H groups in total. The van der Waals surface area contributed by atoms with Gasteiger partial charge >= 0.3 is 5.97 Å². The first kappa shape index (κ1) is 16.3. The van der Waals surface area contributed by atoms with Crippen molar-refractivity contribution in [3.8, 4) is 0 Å². The Morgan fingerprint density at radius 2 is 2.06 bits per heavy atom. The van der Waals surface area contributed by atoms with Crippen LogP contribution in [-0.2, 0) is 19.1 Å². The molecule has 0 amide bonds. The van der Waals surface area contributed by atoms with Crippen molar-refractivity contribution in [3.63, 3.8) is 0 Å². The van der Waals surface area contributed by atoms with E-state index in [-0.39, 0.29) is 0 Å². The van der Waals surface area contributed by atoms with Gasteiger partial charge in [0.15, 0.2) is 5.78 Å². The molecule has 18 heavy (non-hydrogen) atoms.